The van der Waals surface area contributed by atoms with E-state index >= 15 is 0 Å². The van der Waals surface area contributed by atoms with Gasteiger partial charge in [0.25, 0.3) is 0 Å². The summed E-state index contributed by atoms with van der Waals surface area (Å²) in [7, 11) is 0. The number of halogens is 2. The summed E-state index contributed by atoms with van der Waals surface area (Å²) in [6.45, 7) is 8.45. The Morgan fingerprint density at radius 1 is 1.00 bits per heavy atom. The molecule has 2 rings (SSSR count). The van der Waals surface area contributed by atoms with Crippen molar-refractivity contribution in [3.05, 3.63) is 33.8 Å². The fraction of sp³-hybridized carbons (Fsp3) is 0.708. The van der Waals surface area contributed by atoms with Crippen molar-refractivity contribution in [2.45, 2.75) is 90.6 Å². The number of carbonyl (C=O) groups is 1. The molecule has 1 heterocycles. The summed E-state index contributed by atoms with van der Waals surface area (Å²) >= 11 is 12.3. The summed E-state index contributed by atoms with van der Waals surface area (Å²) < 4.78 is 0. The molecular weight excluding hydrogens is 403 g/mol. The second-order valence-electron chi connectivity index (χ2n) is 8.36. The van der Waals surface area contributed by atoms with E-state index in [0.29, 0.717) is 35.0 Å². The summed E-state index contributed by atoms with van der Waals surface area (Å²) in [5, 5.41) is 1.12. The van der Waals surface area contributed by atoms with Crippen LogP contribution in [0.15, 0.2) is 18.2 Å². The van der Waals surface area contributed by atoms with Crippen LogP contribution in [0, 0.1) is 0 Å². The normalized spacial score (nSPS) is 15.6. The SMILES string of the molecule is CCCCCCCC(=O)N(Cc1ccc(Cl)c(Cl)c1)C1CCN(CCCC)CC1. The fourth-order valence-electron chi connectivity index (χ4n) is 4.12. The van der Waals surface area contributed by atoms with E-state index in [1.165, 1.54) is 38.6 Å². The van der Waals surface area contributed by atoms with Crippen LogP contribution in [-0.2, 0) is 11.3 Å². The monoisotopic (exact) mass is 440 g/mol. The molecule has 5 heteroatoms. The lowest BCUT2D eigenvalue weighted by atomic mass is 10.0. The molecule has 1 saturated heterocycles. The Hall–Kier alpha value is -0.770. The fourth-order valence-corrected chi connectivity index (χ4v) is 4.44. The Labute approximate surface area is 187 Å². The number of rotatable bonds is 12. The highest BCUT2D eigenvalue weighted by molar-refractivity contribution is 6.42. The van der Waals surface area contributed by atoms with E-state index in [1.54, 1.807) is 0 Å². The summed E-state index contributed by atoms with van der Waals surface area (Å²) in [4.78, 5) is 17.8. The smallest absolute Gasteiger partial charge is 0.223 e. The zero-order valence-corrected chi connectivity index (χ0v) is 19.8. The summed E-state index contributed by atoms with van der Waals surface area (Å²) in [6, 6.07) is 6.05. The molecule has 1 aromatic carbocycles. The van der Waals surface area contributed by atoms with E-state index in [4.69, 9.17) is 23.2 Å². The molecule has 0 bridgehead atoms. The van der Waals surface area contributed by atoms with Gasteiger partial charge >= 0.3 is 0 Å². The molecule has 1 fully saturated rings. The largest absolute Gasteiger partial charge is 0.335 e. The first kappa shape index (κ1) is 24.5. The number of nitrogens with zero attached hydrogens (tertiary/aromatic N) is 2. The highest BCUT2D eigenvalue weighted by atomic mass is 35.5. The maximum atomic E-state index is 13.1. The minimum absolute atomic E-state index is 0.291. The lowest BCUT2D eigenvalue weighted by Gasteiger charge is -2.39. The lowest BCUT2D eigenvalue weighted by Crippen LogP contribution is -2.47. The molecule has 1 aliphatic heterocycles. The van der Waals surface area contributed by atoms with Crippen LogP contribution in [0.4, 0.5) is 0 Å². The van der Waals surface area contributed by atoms with Crippen molar-refractivity contribution in [3.63, 3.8) is 0 Å². The Bertz CT molecular complexity index is 615. The topological polar surface area (TPSA) is 23.6 Å². The molecule has 0 radical (unpaired) electrons. The van der Waals surface area contributed by atoms with Crippen LogP contribution >= 0.6 is 23.2 Å². The minimum atomic E-state index is 0.291. The maximum absolute atomic E-state index is 13.1. The summed E-state index contributed by atoms with van der Waals surface area (Å²) in [5.74, 6) is 0.291. The quantitative estimate of drug-likeness (QED) is 0.328. The molecule has 0 spiro atoms. The van der Waals surface area contributed by atoms with Gasteiger partial charge in [0.1, 0.15) is 0 Å². The highest BCUT2D eigenvalue weighted by Gasteiger charge is 2.27. The zero-order valence-electron chi connectivity index (χ0n) is 18.3. The third-order valence-electron chi connectivity index (χ3n) is 5.98. The summed E-state index contributed by atoms with van der Waals surface area (Å²) in [5.41, 5.74) is 1.06. The predicted octanol–water partition coefficient (Wildman–Crippen LogP) is 6.95. The van der Waals surface area contributed by atoms with Gasteiger partial charge in [-0.2, -0.15) is 0 Å². The molecular formula is C24H38Cl2N2O. The molecule has 1 aliphatic rings. The van der Waals surface area contributed by atoms with Gasteiger partial charge in [-0.25, -0.2) is 0 Å². The molecule has 0 atom stereocenters. The molecule has 0 N–H and O–H groups in total. The standard InChI is InChI=1S/C24H38Cl2N2O/c1-3-5-7-8-9-10-24(29)28(19-20-11-12-22(25)23(26)18-20)21-13-16-27(17-14-21)15-6-4-2/h11-12,18,21H,3-10,13-17,19H2,1-2H3. The maximum Gasteiger partial charge on any atom is 0.223 e. The first-order chi connectivity index (χ1) is 14.0. The first-order valence-corrected chi connectivity index (χ1v) is 12.3. The molecule has 164 valence electrons. The number of piperidine rings is 1. The second kappa shape index (κ2) is 13.5. The zero-order chi connectivity index (χ0) is 21.1. The van der Waals surface area contributed by atoms with E-state index in [2.05, 4.69) is 23.6 Å². The van der Waals surface area contributed by atoms with Gasteiger partial charge in [-0.15, -0.1) is 0 Å². The van der Waals surface area contributed by atoms with Gasteiger partial charge in [0.15, 0.2) is 0 Å². The average molecular weight is 441 g/mol. The van der Waals surface area contributed by atoms with Crippen molar-refractivity contribution in [2.75, 3.05) is 19.6 Å². The van der Waals surface area contributed by atoms with Crippen LogP contribution in [0.1, 0.15) is 83.6 Å². The predicted molar refractivity (Wildman–Crippen MR) is 125 cm³/mol. The van der Waals surface area contributed by atoms with E-state index in [-0.39, 0.29) is 0 Å². The molecule has 1 amide bonds. The molecule has 0 aliphatic carbocycles. The van der Waals surface area contributed by atoms with Gasteiger partial charge in [-0.1, -0.05) is 75.2 Å². The minimum Gasteiger partial charge on any atom is -0.335 e. The van der Waals surface area contributed by atoms with Crippen LogP contribution in [-0.4, -0.2) is 41.4 Å². The number of likely N-dealkylation sites (tertiary alicyclic amines) is 1. The van der Waals surface area contributed by atoms with Gasteiger partial charge in [-0.05, 0) is 49.9 Å². The van der Waals surface area contributed by atoms with E-state index in [9.17, 15) is 4.79 Å². The van der Waals surface area contributed by atoms with Crippen molar-refractivity contribution in [1.82, 2.24) is 9.80 Å². The van der Waals surface area contributed by atoms with Crippen LogP contribution in [0.25, 0.3) is 0 Å². The van der Waals surface area contributed by atoms with Crippen molar-refractivity contribution in [2.24, 2.45) is 0 Å². The second-order valence-corrected chi connectivity index (χ2v) is 9.18. The van der Waals surface area contributed by atoms with Crippen molar-refractivity contribution in [1.29, 1.82) is 0 Å². The first-order valence-electron chi connectivity index (χ1n) is 11.5. The van der Waals surface area contributed by atoms with Gasteiger partial charge in [-0.3, -0.25) is 4.79 Å². The number of unbranched alkanes of at least 4 members (excludes halogenated alkanes) is 5. The van der Waals surface area contributed by atoms with E-state index in [1.807, 2.05) is 18.2 Å². The van der Waals surface area contributed by atoms with Crippen LogP contribution in [0.2, 0.25) is 10.0 Å². The van der Waals surface area contributed by atoms with Crippen molar-refractivity contribution in [3.8, 4) is 0 Å². The number of hydrogen-bond acceptors (Lipinski definition) is 2. The summed E-state index contributed by atoms with van der Waals surface area (Å²) in [6.07, 6.45) is 11.1. The molecule has 3 nitrogen and oxygen atoms in total. The van der Waals surface area contributed by atoms with Crippen LogP contribution in [0.5, 0.6) is 0 Å². The van der Waals surface area contributed by atoms with Crippen LogP contribution < -0.4 is 0 Å². The van der Waals surface area contributed by atoms with E-state index < -0.39 is 0 Å². The molecule has 0 unspecified atom stereocenters. The third kappa shape index (κ3) is 8.47. The highest BCUT2D eigenvalue weighted by Crippen LogP contribution is 2.26. The number of carbonyl (C=O) groups excluding carboxylic acids is 1. The van der Waals surface area contributed by atoms with Crippen molar-refractivity contribution >= 4 is 29.1 Å². The van der Waals surface area contributed by atoms with Crippen molar-refractivity contribution < 1.29 is 4.79 Å². The Morgan fingerprint density at radius 2 is 1.69 bits per heavy atom. The average Bonchev–Trinajstić information content (AvgIpc) is 2.73. The molecule has 0 aromatic heterocycles. The Kier molecular flexibility index (Phi) is 11.4. The Balaban J connectivity index is 1.98. The van der Waals surface area contributed by atoms with Gasteiger partial charge in [0.05, 0.1) is 10.0 Å². The molecule has 0 saturated carbocycles. The van der Waals surface area contributed by atoms with E-state index in [0.717, 1.165) is 44.3 Å². The van der Waals surface area contributed by atoms with Crippen LogP contribution in [0.3, 0.4) is 0 Å². The number of amides is 1. The molecule has 1 aromatic rings. The van der Waals surface area contributed by atoms with Gasteiger partial charge < -0.3 is 9.80 Å². The molecule has 29 heavy (non-hydrogen) atoms. The Morgan fingerprint density at radius 3 is 2.34 bits per heavy atom. The number of benzene rings is 1. The van der Waals surface area contributed by atoms with Gasteiger partial charge in [0.2, 0.25) is 5.91 Å². The van der Waals surface area contributed by atoms with Gasteiger partial charge in [0, 0.05) is 32.1 Å². The lowest BCUT2D eigenvalue weighted by molar-refractivity contribution is -0.135. The third-order valence-corrected chi connectivity index (χ3v) is 6.72. The number of hydrogen-bond donors (Lipinski definition) is 0.